The number of hydrogen-bond donors (Lipinski definition) is 2. The molecule has 90 valence electrons. The molecule has 0 aromatic carbocycles. The van der Waals surface area contributed by atoms with Crippen LogP contribution in [0.1, 0.15) is 31.2 Å². The summed E-state index contributed by atoms with van der Waals surface area (Å²) in [5.41, 5.74) is 6.88. The Morgan fingerprint density at radius 1 is 1.56 bits per heavy atom. The van der Waals surface area contributed by atoms with Gasteiger partial charge in [-0.1, -0.05) is 20.8 Å². The lowest BCUT2D eigenvalue weighted by molar-refractivity contribution is -0.124. The SMILES string of the molecule is Cc1ccsc1CNC(=O)[C@H](N)C(C)(C)C. The summed E-state index contributed by atoms with van der Waals surface area (Å²) in [6.07, 6.45) is 0. The first-order valence-corrected chi connectivity index (χ1v) is 6.26. The third-order valence-corrected chi connectivity index (χ3v) is 3.63. The van der Waals surface area contributed by atoms with Crippen molar-refractivity contribution in [2.45, 2.75) is 40.3 Å². The van der Waals surface area contributed by atoms with Crippen molar-refractivity contribution in [1.82, 2.24) is 5.32 Å². The second kappa shape index (κ2) is 4.97. The third-order valence-electron chi connectivity index (χ3n) is 2.61. The van der Waals surface area contributed by atoms with Crippen molar-refractivity contribution >= 4 is 17.2 Å². The molecule has 0 aliphatic heterocycles. The Morgan fingerprint density at radius 3 is 2.62 bits per heavy atom. The highest BCUT2D eigenvalue weighted by Gasteiger charge is 2.27. The van der Waals surface area contributed by atoms with Gasteiger partial charge >= 0.3 is 0 Å². The fourth-order valence-electron chi connectivity index (χ4n) is 1.26. The number of nitrogens with one attached hydrogen (secondary N) is 1. The largest absolute Gasteiger partial charge is 0.350 e. The summed E-state index contributed by atoms with van der Waals surface area (Å²) in [6, 6.07) is 1.59. The zero-order valence-electron chi connectivity index (χ0n) is 10.3. The van der Waals surface area contributed by atoms with E-state index in [9.17, 15) is 4.79 Å². The molecule has 1 heterocycles. The number of aryl methyl sites for hydroxylation is 1. The first-order valence-electron chi connectivity index (χ1n) is 5.38. The first-order chi connectivity index (χ1) is 7.32. The van der Waals surface area contributed by atoms with Crippen molar-refractivity contribution in [2.24, 2.45) is 11.1 Å². The van der Waals surface area contributed by atoms with Gasteiger partial charge in [-0.3, -0.25) is 4.79 Å². The van der Waals surface area contributed by atoms with E-state index in [1.807, 2.05) is 33.1 Å². The Balaban J connectivity index is 2.51. The second-order valence-corrected chi connectivity index (χ2v) is 6.09. The normalized spacial score (nSPS) is 13.6. The molecule has 1 aromatic rings. The fraction of sp³-hybridized carbons (Fsp3) is 0.583. The molecule has 1 rings (SSSR count). The van der Waals surface area contributed by atoms with E-state index in [0.29, 0.717) is 6.54 Å². The Labute approximate surface area is 101 Å². The molecule has 0 fully saturated rings. The maximum absolute atomic E-state index is 11.8. The minimum atomic E-state index is -0.465. The van der Waals surface area contributed by atoms with Crippen molar-refractivity contribution in [2.75, 3.05) is 0 Å². The lowest BCUT2D eigenvalue weighted by Gasteiger charge is -2.25. The van der Waals surface area contributed by atoms with Gasteiger partial charge in [-0.15, -0.1) is 11.3 Å². The first kappa shape index (κ1) is 13.2. The average molecular weight is 240 g/mol. The smallest absolute Gasteiger partial charge is 0.237 e. The zero-order chi connectivity index (χ0) is 12.3. The van der Waals surface area contributed by atoms with Crippen molar-refractivity contribution in [1.29, 1.82) is 0 Å². The van der Waals surface area contributed by atoms with Crippen LogP contribution in [0.3, 0.4) is 0 Å². The number of nitrogens with two attached hydrogens (primary N) is 1. The number of thiophene rings is 1. The van der Waals surface area contributed by atoms with E-state index < -0.39 is 6.04 Å². The van der Waals surface area contributed by atoms with E-state index in [-0.39, 0.29) is 11.3 Å². The van der Waals surface area contributed by atoms with Gasteiger partial charge in [0.2, 0.25) is 5.91 Å². The number of carbonyl (C=O) groups is 1. The van der Waals surface area contributed by atoms with Crippen molar-refractivity contribution < 1.29 is 4.79 Å². The molecule has 1 atom stereocenters. The third kappa shape index (κ3) is 3.32. The summed E-state index contributed by atoms with van der Waals surface area (Å²) in [4.78, 5) is 13.0. The minimum Gasteiger partial charge on any atom is -0.350 e. The summed E-state index contributed by atoms with van der Waals surface area (Å²) >= 11 is 1.66. The van der Waals surface area contributed by atoms with Crippen LogP contribution in [-0.2, 0) is 11.3 Å². The maximum atomic E-state index is 11.8. The highest BCUT2D eigenvalue weighted by molar-refractivity contribution is 7.10. The van der Waals surface area contributed by atoms with Gasteiger partial charge in [0.1, 0.15) is 0 Å². The van der Waals surface area contributed by atoms with E-state index in [0.717, 1.165) is 0 Å². The van der Waals surface area contributed by atoms with Gasteiger partial charge in [0.25, 0.3) is 0 Å². The highest BCUT2D eigenvalue weighted by Crippen LogP contribution is 2.18. The maximum Gasteiger partial charge on any atom is 0.237 e. The minimum absolute atomic E-state index is 0.0831. The van der Waals surface area contributed by atoms with Crippen LogP contribution < -0.4 is 11.1 Å². The molecule has 3 nitrogen and oxygen atoms in total. The summed E-state index contributed by atoms with van der Waals surface area (Å²) in [6.45, 7) is 8.52. The molecule has 1 aromatic heterocycles. The fourth-order valence-corrected chi connectivity index (χ4v) is 2.10. The summed E-state index contributed by atoms with van der Waals surface area (Å²) in [7, 11) is 0. The monoisotopic (exact) mass is 240 g/mol. The van der Waals surface area contributed by atoms with Gasteiger partial charge in [-0.2, -0.15) is 0 Å². The van der Waals surface area contributed by atoms with Crippen LogP contribution in [0.4, 0.5) is 0 Å². The molecule has 0 unspecified atom stereocenters. The predicted octanol–water partition coefficient (Wildman–Crippen LogP) is 2.05. The van der Waals surface area contributed by atoms with Crippen LogP contribution in [0.15, 0.2) is 11.4 Å². The predicted molar refractivity (Wildman–Crippen MR) is 68.3 cm³/mol. The molecule has 4 heteroatoms. The molecule has 0 bridgehead atoms. The zero-order valence-corrected chi connectivity index (χ0v) is 11.1. The highest BCUT2D eigenvalue weighted by atomic mass is 32.1. The summed E-state index contributed by atoms with van der Waals surface area (Å²) in [5.74, 6) is -0.0831. The number of carbonyl (C=O) groups excluding carboxylic acids is 1. The number of hydrogen-bond acceptors (Lipinski definition) is 3. The van der Waals surface area contributed by atoms with Crippen molar-refractivity contribution in [3.8, 4) is 0 Å². The van der Waals surface area contributed by atoms with Crippen LogP contribution in [0.5, 0.6) is 0 Å². The molecule has 0 saturated heterocycles. The molecule has 1 amide bonds. The Kier molecular flexibility index (Phi) is 4.10. The second-order valence-electron chi connectivity index (χ2n) is 5.09. The number of rotatable bonds is 3. The lowest BCUT2D eigenvalue weighted by atomic mass is 9.87. The van der Waals surface area contributed by atoms with Crippen molar-refractivity contribution in [3.63, 3.8) is 0 Å². The topological polar surface area (TPSA) is 55.1 Å². The van der Waals surface area contributed by atoms with E-state index in [1.165, 1.54) is 10.4 Å². The summed E-state index contributed by atoms with van der Waals surface area (Å²) < 4.78 is 0. The molecule has 0 aliphatic rings. The van der Waals surface area contributed by atoms with Crippen LogP contribution in [0, 0.1) is 12.3 Å². The van der Waals surface area contributed by atoms with Crippen LogP contribution in [0.2, 0.25) is 0 Å². The average Bonchev–Trinajstić information content (AvgIpc) is 2.58. The van der Waals surface area contributed by atoms with Gasteiger partial charge in [0.05, 0.1) is 12.6 Å². The van der Waals surface area contributed by atoms with Gasteiger partial charge in [-0.25, -0.2) is 0 Å². The van der Waals surface area contributed by atoms with Crippen molar-refractivity contribution in [3.05, 3.63) is 21.9 Å². The van der Waals surface area contributed by atoms with Gasteiger partial charge in [-0.05, 0) is 29.3 Å². The molecular formula is C12H20N2OS. The van der Waals surface area contributed by atoms with E-state index in [2.05, 4.69) is 11.4 Å². The Morgan fingerprint density at radius 2 is 2.19 bits per heavy atom. The molecule has 0 radical (unpaired) electrons. The quantitative estimate of drug-likeness (QED) is 0.849. The molecule has 0 spiro atoms. The molecular weight excluding hydrogens is 220 g/mol. The number of amides is 1. The Bertz CT molecular complexity index is 365. The standard InChI is InChI=1S/C12H20N2OS/c1-8-5-6-16-9(8)7-14-11(15)10(13)12(2,3)4/h5-6,10H,7,13H2,1-4H3,(H,14,15)/t10-/m0/s1. The van der Waals surface area contributed by atoms with Gasteiger partial charge < -0.3 is 11.1 Å². The van der Waals surface area contributed by atoms with Gasteiger partial charge in [0, 0.05) is 4.88 Å². The van der Waals surface area contributed by atoms with Crippen LogP contribution in [-0.4, -0.2) is 11.9 Å². The van der Waals surface area contributed by atoms with E-state index in [4.69, 9.17) is 5.73 Å². The van der Waals surface area contributed by atoms with Crippen LogP contribution in [0.25, 0.3) is 0 Å². The van der Waals surface area contributed by atoms with E-state index in [1.54, 1.807) is 11.3 Å². The Hall–Kier alpha value is -0.870. The van der Waals surface area contributed by atoms with E-state index >= 15 is 0 Å². The van der Waals surface area contributed by atoms with Crippen LogP contribution >= 0.6 is 11.3 Å². The molecule has 0 aliphatic carbocycles. The lowest BCUT2D eigenvalue weighted by Crippen LogP contribution is -2.48. The molecule has 16 heavy (non-hydrogen) atoms. The molecule has 3 N–H and O–H groups in total. The van der Waals surface area contributed by atoms with Gasteiger partial charge in [0.15, 0.2) is 0 Å². The molecule has 0 saturated carbocycles. The summed E-state index contributed by atoms with van der Waals surface area (Å²) in [5, 5.41) is 4.91.